The van der Waals surface area contributed by atoms with E-state index in [9.17, 15) is 0 Å². The summed E-state index contributed by atoms with van der Waals surface area (Å²) in [6, 6.07) is 6.25. The third-order valence-electron chi connectivity index (χ3n) is 4.11. The predicted molar refractivity (Wildman–Crippen MR) is 91.2 cm³/mol. The van der Waals surface area contributed by atoms with Crippen LogP contribution in [-0.4, -0.2) is 28.5 Å². The van der Waals surface area contributed by atoms with Crippen molar-refractivity contribution >= 4 is 22.2 Å². The molecule has 3 nitrogen and oxygen atoms in total. The highest BCUT2D eigenvalue weighted by molar-refractivity contribution is 7.10. The zero-order chi connectivity index (χ0) is 15.1. The average molecular weight is 307 g/mol. The Balaban J connectivity index is 1.88. The molecule has 4 heterocycles. The van der Waals surface area contributed by atoms with Gasteiger partial charge in [-0.2, -0.15) is 0 Å². The van der Waals surface area contributed by atoms with Crippen LogP contribution >= 0.6 is 11.3 Å². The summed E-state index contributed by atoms with van der Waals surface area (Å²) in [6.45, 7) is 4.14. The molecule has 0 bridgehead atoms. The van der Waals surface area contributed by atoms with Gasteiger partial charge in [0.15, 0.2) is 0 Å². The molecule has 0 spiro atoms. The highest BCUT2D eigenvalue weighted by atomic mass is 32.1. The van der Waals surface area contributed by atoms with Crippen molar-refractivity contribution in [2.24, 2.45) is 0 Å². The molecule has 22 heavy (non-hydrogen) atoms. The normalized spacial score (nSPS) is 14.6. The van der Waals surface area contributed by atoms with Gasteiger partial charge in [0.1, 0.15) is 5.69 Å². The monoisotopic (exact) mass is 307 g/mol. The zero-order valence-corrected chi connectivity index (χ0v) is 13.5. The number of pyridine rings is 1. The van der Waals surface area contributed by atoms with E-state index < -0.39 is 0 Å². The number of H-pyrrole nitrogens is 1. The summed E-state index contributed by atoms with van der Waals surface area (Å²) in [5.74, 6) is 6.48. The van der Waals surface area contributed by atoms with Crippen molar-refractivity contribution in [3.63, 3.8) is 0 Å². The molecule has 0 amide bonds. The van der Waals surface area contributed by atoms with Crippen LogP contribution in [-0.2, 0) is 13.0 Å². The summed E-state index contributed by atoms with van der Waals surface area (Å²) in [5.41, 5.74) is 5.74. The molecule has 0 fully saturated rings. The standard InChI is InChI=1S/C18H17N3S/c1-12-10-14-15-11-21(2)8-7-16(15)20-18(14)17(19-12)6-5-13-4-3-9-22-13/h3-4,9-10,20H,7-8,11H2,1-2H3. The number of thiophene rings is 1. The summed E-state index contributed by atoms with van der Waals surface area (Å²) in [5, 5.41) is 3.33. The molecular weight excluding hydrogens is 290 g/mol. The molecule has 0 radical (unpaired) electrons. The minimum Gasteiger partial charge on any atom is -0.356 e. The number of aromatic amines is 1. The maximum Gasteiger partial charge on any atom is 0.137 e. The van der Waals surface area contributed by atoms with Gasteiger partial charge in [0.2, 0.25) is 0 Å². The maximum atomic E-state index is 4.65. The fraction of sp³-hybridized carbons (Fsp3) is 0.278. The lowest BCUT2D eigenvalue weighted by molar-refractivity contribution is 0.313. The Kier molecular flexibility index (Phi) is 3.25. The topological polar surface area (TPSA) is 31.9 Å². The van der Waals surface area contributed by atoms with Crippen LogP contribution in [0.4, 0.5) is 0 Å². The summed E-state index contributed by atoms with van der Waals surface area (Å²) in [7, 11) is 2.17. The van der Waals surface area contributed by atoms with Crippen LogP contribution in [0.3, 0.4) is 0 Å². The summed E-state index contributed by atoms with van der Waals surface area (Å²) >= 11 is 1.66. The van der Waals surface area contributed by atoms with Gasteiger partial charge in [-0.15, -0.1) is 11.3 Å². The first-order valence-electron chi connectivity index (χ1n) is 7.46. The van der Waals surface area contributed by atoms with E-state index in [1.54, 1.807) is 11.3 Å². The molecule has 1 aliphatic rings. The van der Waals surface area contributed by atoms with Gasteiger partial charge in [-0.1, -0.05) is 6.07 Å². The van der Waals surface area contributed by atoms with Gasteiger partial charge >= 0.3 is 0 Å². The van der Waals surface area contributed by atoms with E-state index in [4.69, 9.17) is 0 Å². The fourth-order valence-electron chi connectivity index (χ4n) is 3.03. The van der Waals surface area contributed by atoms with E-state index in [0.29, 0.717) is 0 Å². The summed E-state index contributed by atoms with van der Waals surface area (Å²) in [4.78, 5) is 11.7. The largest absolute Gasteiger partial charge is 0.356 e. The van der Waals surface area contributed by atoms with Gasteiger partial charge in [0, 0.05) is 36.3 Å². The molecule has 4 heteroatoms. The first kappa shape index (κ1) is 13.6. The second kappa shape index (κ2) is 5.28. The van der Waals surface area contributed by atoms with E-state index in [-0.39, 0.29) is 0 Å². The van der Waals surface area contributed by atoms with Crippen molar-refractivity contribution in [3.05, 3.63) is 51.1 Å². The summed E-state index contributed by atoms with van der Waals surface area (Å²) < 4.78 is 0. The van der Waals surface area contributed by atoms with Gasteiger partial charge in [0.25, 0.3) is 0 Å². The smallest absolute Gasteiger partial charge is 0.137 e. The number of aryl methyl sites for hydroxylation is 1. The minimum atomic E-state index is 0.862. The number of likely N-dealkylation sites (N-methyl/N-ethyl adjacent to an activating group) is 1. The summed E-state index contributed by atoms with van der Waals surface area (Å²) in [6.07, 6.45) is 1.07. The molecule has 1 aliphatic heterocycles. The highest BCUT2D eigenvalue weighted by Crippen LogP contribution is 2.29. The van der Waals surface area contributed by atoms with Crippen LogP contribution in [0.5, 0.6) is 0 Å². The minimum absolute atomic E-state index is 0.862. The van der Waals surface area contributed by atoms with Crippen LogP contribution in [0.15, 0.2) is 23.6 Å². The number of nitrogens with zero attached hydrogens (tertiary/aromatic N) is 2. The average Bonchev–Trinajstić information content (AvgIpc) is 3.12. The molecule has 0 atom stereocenters. The SMILES string of the molecule is Cc1cc2c3c([nH]c2c(C#Cc2cccs2)n1)CCN(C)C3. The molecule has 3 aromatic heterocycles. The van der Waals surface area contributed by atoms with Crippen molar-refractivity contribution in [1.29, 1.82) is 0 Å². The van der Waals surface area contributed by atoms with Gasteiger partial charge < -0.3 is 9.88 Å². The molecule has 0 unspecified atom stereocenters. The van der Waals surface area contributed by atoms with Gasteiger partial charge in [-0.05, 0) is 48.9 Å². The Labute approximate surface area is 134 Å². The van der Waals surface area contributed by atoms with E-state index in [1.807, 2.05) is 24.4 Å². The molecule has 3 aromatic rings. The van der Waals surface area contributed by atoms with Crippen molar-refractivity contribution in [2.75, 3.05) is 13.6 Å². The Hall–Kier alpha value is -2.09. The van der Waals surface area contributed by atoms with Crippen LogP contribution in [0.1, 0.15) is 27.5 Å². The highest BCUT2D eigenvalue weighted by Gasteiger charge is 2.20. The molecule has 0 saturated carbocycles. The zero-order valence-electron chi connectivity index (χ0n) is 12.7. The van der Waals surface area contributed by atoms with Crippen molar-refractivity contribution in [3.8, 4) is 11.8 Å². The number of hydrogen-bond donors (Lipinski definition) is 1. The fourth-order valence-corrected chi connectivity index (χ4v) is 3.60. The second-order valence-corrected chi connectivity index (χ2v) is 6.78. The third-order valence-corrected chi connectivity index (χ3v) is 4.89. The Morgan fingerprint density at radius 3 is 3.09 bits per heavy atom. The molecule has 0 saturated heterocycles. The first-order chi connectivity index (χ1) is 10.7. The van der Waals surface area contributed by atoms with E-state index in [1.165, 1.54) is 16.6 Å². The molecule has 4 rings (SSSR count). The lowest BCUT2D eigenvalue weighted by Gasteiger charge is -2.22. The van der Waals surface area contributed by atoms with E-state index in [2.05, 4.69) is 39.8 Å². The lowest BCUT2D eigenvalue weighted by atomic mass is 10.0. The number of aromatic nitrogens is 2. The molecule has 0 aromatic carbocycles. The van der Waals surface area contributed by atoms with Gasteiger partial charge in [0.05, 0.1) is 10.4 Å². The van der Waals surface area contributed by atoms with Crippen LogP contribution in [0.25, 0.3) is 10.9 Å². The Morgan fingerprint density at radius 2 is 2.27 bits per heavy atom. The van der Waals surface area contributed by atoms with Gasteiger partial charge in [-0.25, -0.2) is 4.98 Å². The number of nitrogens with one attached hydrogen (secondary N) is 1. The molecule has 0 aliphatic carbocycles. The predicted octanol–water partition coefficient (Wildman–Crippen LogP) is 3.32. The van der Waals surface area contributed by atoms with Crippen molar-refractivity contribution < 1.29 is 0 Å². The third kappa shape index (κ3) is 2.33. The first-order valence-corrected chi connectivity index (χ1v) is 8.34. The number of fused-ring (bicyclic) bond motifs is 3. The van der Waals surface area contributed by atoms with Crippen LogP contribution in [0.2, 0.25) is 0 Å². The van der Waals surface area contributed by atoms with Crippen LogP contribution in [0, 0.1) is 18.8 Å². The number of hydrogen-bond acceptors (Lipinski definition) is 3. The van der Waals surface area contributed by atoms with Crippen molar-refractivity contribution in [2.45, 2.75) is 19.9 Å². The quantitative estimate of drug-likeness (QED) is 0.646. The van der Waals surface area contributed by atoms with E-state index >= 15 is 0 Å². The number of rotatable bonds is 0. The Morgan fingerprint density at radius 1 is 1.36 bits per heavy atom. The van der Waals surface area contributed by atoms with Crippen molar-refractivity contribution in [1.82, 2.24) is 14.9 Å². The second-order valence-electron chi connectivity index (χ2n) is 5.83. The molecule has 1 N–H and O–H groups in total. The molecule has 110 valence electrons. The van der Waals surface area contributed by atoms with Gasteiger partial charge in [-0.3, -0.25) is 0 Å². The Bertz CT molecular complexity index is 894. The lowest BCUT2D eigenvalue weighted by Crippen LogP contribution is -2.25. The van der Waals surface area contributed by atoms with E-state index in [0.717, 1.165) is 41.3 Å². The molecular formula is C18H17N3S. The van der Waals surface area contributed by atoms with Crippen LogP contribution < -0.4 is 0 Å². The maximum absolute atomic E-state index is 4.65.